The maximum Gasteiger partial charge on any atom is 0.223 e. The van der Waals surface area contributed by atoms with E-state index in [1.165, 1.54) is 0 Å². The maximum atomic E-state index is 11.8. The van der Waals surface area contributed by atoms with Crippen LogP contribution in [0.15, 0.2) is 0 Å². The molecule has 2 rings (SSSR count). The lowest BCUT2D eigenvalue weighted by Crippen LogP contribution is -2.47. The Kier molecular flexibility index (Phi) is 3.82. The van der Waals surface area contributed by atoms with Crippen molar-refractivity contribution in [2.45, 2.75) is 44.1 Å². The van der Waals surface area contributed by atoms with Gasteiger partial charge < -0.3 is 15.2 Å². The number of amides is 1. The fourth-order valence-electron chi connectivity index (χ4n) is 2.51. The fourth-order valence-corrected chi connectivity index (χ4v) is 2.51. The second-order valence-electron chi connectivity index (χ2n) is 5.04. The van der Waals surface area contributed by atoms with E-state index in [9.17, 15) is 9.90 Å². The summed E-state index contributed by atoms with van der Waals surface area (Å²) in [5.41, 5.74) is -0.744. The fraction of sp³-hybridized carbons (Fsp3) is 0.917. The van der Waals surface area contributed by atoms with Crippen molar-refractivity contribution in [2.75, 3.05) is 19.8 Å². The van der Waals surface area contributed by atoms with Gasteiger partial charge in [0.05, 0.1) is 5.60 Å². The summed E-state index contributed by atoms with van der Waals surface area (Å²) in [6, 6.07) is 0. The van der Waals surface area contributed by atoms with Crippen molar-refractivity contribution in [3.63, 3.8) is 0 Å². The monoisotopic (exact) mass is 227 g/mol. The first-order valence-corrected chi connectivity index (χ1v) is 6.27. The normalized spacial score (nSPS) is 25.6. The van der Waals surface area contributed by atoms with Gasteiger partial charge in [0.25, 0.3) is 0 Å². The van der Waals surface area contributed by atoms with Gasteiger partial charge in [-0.05, 0) is 12.8 Å². The van der Waals surface area contributed by atoms with Crippen LogP contribution in [-0.4, -0.2) is 36.4 Å². The molecular weight excluding hydrogens is 206 g/mol. The zero-order valence-corrected chi connectivity index (χ0v) is 9.71. The highest BCUT2D eigenvalue weighted by molar-refractivity contribution is 5.78. The van der Waals surface area contributed by atoms with Gasteiger partial charge in [0, 0.05) is 38.5 Å². The highest BCUT2D eigenvalue weighted by atomic mass is 16.5. The predicted molar refractivity (Wildman–Crippen MR) is 60.0 cm³/mol. The van der Waals surface area contributed by atoms with Gasteiger partial charge in [-0.15, -0.1) is 0 Å². The second kappa shape index (κ2) is 5.15. The van der Waals surface area contributed by atoms with Crippen molar-refractivity contribution in [3.05, 3.63) is 0 Å². The van der Waals surface area contributed by atoms with Crippen LogP contribution in [0.3, 0.4) is 0 Å². The molecule has 1 saturated heterocycles. The van der Waals surface area contributed by atoms with Gasteiger partial charge in [-0.2, -0.15) is 0 Å². The minimum absolute atomic E-state index is 0.123. The Bertz CT molecular complexity index is 243. The lowest BCUT2D eigenvalue weighted by Gasteiger charge is -2.32. The van der Waals surface area contributed by atoms with Crippen molar-refractivity contribution in [1.82, 2.24) is 5.32 Å². The highest BCUT2D eigenvalue weighted by Crippen LogP contribution is 2.25. The van der Waals surface area contributed by atoms with Crippen LogP contribution in [-0.2, 0) is 9.53 Å². The predicted octanol–water partition coefficient (Wildman–Crippen LogP) is 0.834. The Hall–Kier alpha value is -0.610. The van der Waals surface area contributed by atoms with E-state index >= 15 is 0 Å². The van der Waals surface area contributed by atoms with E-state index in [-0.39, 0.29) is 11.8 Å². The van der Waals surface area contributed by atoms with Gasteiger partial charge in [0.1, 0.15) is 0 Å². The molecule has 1 heterocycles. The van der Waals surface area contributed by atoms with Crippen LogP contribution in [0.2, 0.25) is 0 Å². The van der Waals surface area contributed by atoms with Crippen LogP contribution in [0.1, 0.15) is 38.5 Å². The molecule has 2 fully saturated rings. The van der Waals surface area contributed by atoms with E-state index in [1.54, 1.807) is 0 Å². The summed E-state index contributed by atoms with van der Waals surface area (Å²) in [6.45, 7) is 1.57. The van der Waals surface area contributed by atoms with Gasteiger partial charge in [-0.1, -0.05) is 12.8 Å². The Labute approximate surface area is 96.4 Å². The molecular formula is C12H21NO3. The molecule has 0 spiro atoms. The number of carbonyl (C=O) groups is 1. The molecule has 0 atom stereocenters. The molecule has 0 unspecified atom stereocenters. The number of nitrogens with one attached hydrogen (secondary N) is 1. The van der Waals surface area contributed by atoms with Crippen molar-refractivity contribution in [1.29, 1.82) is 0 Å². The first-order valence-electron chi connectivity index (χ1n) is 6.27. The van der Waals surface area contributed by atoms with Crippen LogP contribution >= 0.6 is 0 Å². The smallest absolute Gasteiger partial charge is 0.223 e. The van der Waals surface area contributed by atoms with E-state index in [1.807, 2.05) is 0 Å². The molecule has 4 heteroatoms. The topological polar surface area (TPSA) is 58.6 Å². The molecule has 0 aromatic rings. The lowest BCUT2D eigenvalue weighted by molar-refractivity contribution is -0.127. The average Bonchev–Trinajstić information content (AvgIpc) is 2.80. The third kappa shape index (κ3) is 2.95. The molecule has 0 bridgehead atoms. The molecule has 1 amide bonds. The van der Waals surface area contributed by atoms with Crippen molar-refractivity contribution < 1.29 is 14.6 Å². The summed E-state index contributed by atoms with van der Waals surface area (Å²) in [5.74, 6) is 0.306. The summed E-state index contributed by atoms with van der Waals surface area (Å²) < 4.78 is 5.20. The number of carbonyl (C=O) groups excluding carboxylic acids is 1. The quantitative estimate of drug-likeness (QED) is 0.751. The first kappa shape index (κ1) is 11.9. The molecule has 16 heavy (non-hydrogen) atoms. The minimum atomic E-state index is -0.744. The summed E-state index contributed by atoms with van der Waals surface area (Å²) >= 11 is 0. The van der Waals surface area contributed by atoms with E-state index in [4.69, 9.17) is 4.74 Å². The molecule has 1 aliphatic carbocycles. The zero-order valence-electron chi connectivity index (χ0n) is 9.71. The van der Waals surface area contributed by atoms with E-state index in [2.05, 4.69) is 5.32 Å². The third-order valence-electron chi connectivity index (χ3n) is 3.74. The van der Waals surface area contributed by atoms with Crippen LogP contribution in [0.5, 0.6) is 0 Å². The summed E-state index contributed by atoms with van der Waals surface area (Å²) in [7, 11) is 0. The molecule has 2 N–H and O–H groups in total. The van der Waals surface area contributed by atoms with Gasteiger partial charge in [-0.25, -0.2) is 0 Å². The molecule has 0 aromatic heterocycles. The van der Waals surface area contributed by atoms with E-state index in [0.717, 1.165) is 25.7 Å². The third-order valence-corrected chi connectivity index (χ3v) is 3.74. The SMILES string of the molecule is O=C(NCC1(O)CCOCC1)C1CCCC1. The van der Waals surface area contributed by atoms with Crippen molar-refractivity contribution >= 4 is 5.91 Å². The van der Waals surface area contributed by atoms with Crippen LogP contribution < -0.4 is 5.32 Å². The lowest BCUT2D eigenvalue weighted by atomic mass is 9.94. The standard InChI is InChI=1S/C12H21NO3/c14-11(10-3-1-2-4-10)13-9-12(15)5-7-16-8-6-12/h10,15H,1-9H2,(H,13,14). The van der Waals surface area contributed by atoms with E-state index < -0.39 is 5.60 Å². The molecule has 1 saturated carbocycles. The second-order valence-corrected chi connectivity index (χ2v) is 5.04. The Morgan fingerprint density at radius 2 is 1.94 bits per heavy atom. The molecule has 0 aromatic carbocycles. The van der Waals surface area contributed by atoms with Gasteiger partial charge in [0.2, 0.25) is 5.91 Å². The summed E-state index contributed by atoms with van der Waals surface area (Å²) in [4.78, 5) is 11.8. The first-order chi connectivity index (χ1) is 7.70. The molecule has 92 valence electrons. The van der Waals surface area contributed by atoms with Crippen molar-refractivity contribution in [3.8, 4) is 0 Å². The molecule has 4 nitrogen and oxygen atoms in total. The minimum Gasteiger partial charge on any atom is -0.388 e. The average molecular weight is 227 g/mol. The van der Waals surface area contributed by atoms with Crippen LogP contribution in [0, 0.1) is 5.92 Å². The molecule has 0 radical (unpaired) electrons. The summed E-state index contributed by atoms with van der Waals surface area (Å²) in [6.07, 6.45) is 5.59. The highest BCUT2D eigenvalue weighted by Gasteiger charge is 2.31. The Morgan fingerprint density at radius 3 is 2.56 bits per heavy atom. The number of aliphatic hydroxyl groups is 1. The van der Waals surface area contributed by atoms with Gasteiger partial charge in [-0.3, -0.25) is 4.79 Å². The molecule has 2 aliphatic rings. The Morgan fingerprint density at radius 1 is 1.31 bits per heavy atom. The van der Waals surface area contributed by atoms with E-state index in [0.29, 0.717) is 32.6 Å². The van der Waals surface area contributed by atoms with Crippen LogP contribution in [0.25, 0.3) is 0 Å². The maximum absolute atomic E-state index is 11.8. The van der Waals surface area contributed by atoms with Crippen molar-refractivity contribution in [2.24, 2.45) is 5.92 Å². The number of ether oxygens (including phenoxy) is 1. The zero-order chi connectivity index (χ0) is 11.4. The number of hydrogen-bond donors (Lipinski definition) is 2. The van der Waals surface area contributed by atoms with Gasteiger partial charge >= 0.3 is 0 Å². The number of rotatable bonds is 3. The van der Waals surface area contributed by atoms with Crippen LogP contribution in [0.4, 0.5) is 0 Å². The molecule has 1 aliphatic heterocycles. The summed E-state index contributed by atoms with van der Waals surface area (Å²) in [5, 5.41) is 13.1. The Balaban J connectivity index is 1.75. The number of hydrogen-bond acceptors (Lipinski definition) is 3. The largest absolute Gasteiger partial charge is 0.388 e. The van der Waals surface area contributed by atoms with Gasteiger partial charge in [0.15, 0.2) is 0 Å².